The van der Waals surface area contributed by atoms with Crippen LogP contribution in [-0.4, -0.2) is 16.9 Å². The van der Waals surface area contributed by atoms with E-state index in [2.05, 4.69) is 77.0 Å². The molecule has 4 nitrogen and oxygen atoms in total. The van der Waals surface area contributed by atoms with Gasteiger partial charge in [-0.1, -0.05) is 30.2 Å². The maximum absolute atomic E-state index is 12.7. The molecule has 0 aliphatic carbocycles. The van der Waals surface area contributed by atoms with Crippen LogP contribution in [0.2, 0.25) is 0 Å². The number of ether oxygens (including phenoxy) is 1. The molecule has 0 amide bonds. The van der Waals surface area contributed by atoms with Crippen LogP contribution >= 0.6 is 0 Å². The van der Waals surface area contributed by atoms with E-state index in [0.29, 0.717) is 11.3 Å². The first kappa shape index (κ1) is 37.8. The third kappa shape index (κ3) is 13.4. The van der Waals surface area contributed by atoms with Crippen molar-refractivity contribution in [1.82, 2.24) is 0 Å². The number of Topliss-reactive ketones (excluding diaryl/α,β-unsaturated/α-hetero) is 1. The van der Waals surface area contributed by atoms with Gasteiger partial charge in [-0.05, 0) is 114 Å². The number of carboxylic acid groups (broad SMARTS) is 1. The van der Waals surface area contributed by atoms with Crippen LogP contribution in [0.4, 0.5) is 27.3 Å². The van der Waals surface area contributed by atoms with Gasteiger partial charge in [-0.3, -0.25) is 18.9 Å². The molecule has 0 spiro atoms. The summed E-state index contributed by atoms with van der Waals surface area (Å²) in [4.78, 5) is 22.0. The number of benzene rings is 2. The van der Waals surface area contributed by atoms with E-state index in [0.717, 1.165) is 12.1 Å². The number of fused-ring (bicyclic) bond motifs is 1. The molecule has 1 N–H and O–H groups in total. The Kier molecular flexibility index (Phi) is 17.7. The van der Waals surface area contributed by atoms with E-state index < -0.39 is 17.7 Å². The lowest BCUT2D eigenvalue weighted by molar-refractivity contribution is -0.137. The van der Waals surface area contributed by atoms with Gasteiger partial charge in [0.25, 0.3) is 0 Å². The Labute approximate surface area is 237 Å². The van der Waals surface area contributed by atoms with Gasteiger partial charge in [0.05, 0.1) is 11.1 Å². The first-order valence-electron chi connectivity index (χ1n) is 10.6. The number of carbonyl (C=O) groups excluding carboxylic acids is 1. The second-order valence-electron chi connectivity index (χ2n) is 6.74. The van der Waals surface area contributed by atoms with Crippen molar-refractivity contribution in [3.63, 3.8) is 0 Å². The number of alkyl halides is 3. The van der Waals surface area contributed by atoms with E-state index in [9.17, 15) is 22.8 Å². The van der Waals surface area contributed by atoms with Crippen molar-refractivity contribution in [3.8, 4) is 88.6 Å². The highest BCUT2D eigenvalue weighted by atomic mass is 19.4. The summed E-state index contributed by atoms with van der Waals surface area (Å²) in [6.07, 6.45) is -3.10. The van der Waals surface area contributed by atoms with Gasteiger partial charge in [-0.15, -0.1) is 0 Å². The van der Waals surface area contributed by atoms with Crippen LogP contribution in [0.25, 0.3) is 6.08 Å². The smallest absolute Gasteiger partial charge is 0.416 e. The fourth-order valence-electron chi connectivity index (χ4n) is 2.55. The zero-order valence-corrected chi connectivity index (χ0v) is 21.2. The predicted octanol–water partition coefficient (Wildman–Crippen LogP) is 4.89. The highest BCUT2D eigenvalue weighted by Gasteiger charge is 2.31. The van der Waals surface area contributed by atoms with Crippen LogP contribution in [0, 0.1) is 82.9 Å². The van der Waals surface area contributed by atoms with Gasteiger partial charge in [0, 0.05) is 5.92 Å². The minimum absolute atomic E-state index is 0. The van der Waals surface area contributed by atoms with Crippen LogP contribution in [0.15, 0.2) is 54.3 Å². The molecule has 0 fully saturated rings. The molecule has 1 aliphatic rings. The molecule has 1 heterocycles. The van der Waals surface area contributed by atoms with Crippen molar-refractivity contribution in [2.45, 2.75) is 13.1 Å². The molecule has 2 aromatic carbocycles. The number of hydrogen-bond acceptors (Lipinski definition) is 3. The number of allylic oxidation sites excluding steroid dienone is 1. The van der Waals surface area contributed by atoms with Gasteiger partial charge in [-0.2, -0.15) is 13.2 Å². The number of ketones is 1. The lowest BCUT2D eigenvalue weighted by atomic mass is 10.1. The average Bonchev–Trinajstić information content (AvgIpc) is 3.21. The molecule has 3 rings (SSSR count). The Hall–Kier alpha value is -6.38. The summed E-state index contributed by atoms with van der Waals surface area (Å²) >= 11 is 0. The summed E-state index contributed by atoms with van der Waals surface area (Å²) in [5.41, 5.74) is -0.0866. The Bertz CT molecular complexity index is 1770. The molecule has 10 heteroatoms. The van der Waals surface area contributed by atoms with Crippen LogP contribution in [0.1, 0.15) is 28.4 Å². The number of rotatable bonds is 1. The molecule has 0 saturated heterocycles. The van der Waals surface area contributed by atoms with Gasteiger partial charge in [0.15, 0.2) is 5.76 Å². The molecule has 0 bridgehead atoms. The van der Waals surface area contributed by atoms with E-state index in [4.69, 9.17) is 9.84 Å². The highest BCUT2D eigenvalue weighted by molar-refractivity contribution is 6.14. The molecular formula is C32H16F6O4. The van der Waals surface area contributed by atoms with Crippen molar-refractivity contribution >= 4 is 17.8 Å². The summed E-state index contributed by atoms with van der Waals surface area (Å²) in [5.74, 6) is 32.0. The van der Waals surface area contributed by atoms with E-state index in [-0.39, 0.29) is 31.2 Å². The van der Waals surface area contributed by atoms with Crippen molar-refractivity contribution < 1.29 is 46.7 Å². The number of hydrogen-bond donors (Lipinski definition) is 1. The average molecular weight is 578 g/mol. The van der Waals surface area contributed by atoms with Crippen molar-refractivity contribution in [2.24, 2.45) is 0 Å². The minimum Gasteiger partial charge on any atom is -0.472 e. The number of para-hydroxylation sites is 1. The molecule has 210 valence electrons. The first-order chi connectivity index (χ1) is 18.7. The fourth-order valence-corrected chi connectivity index (χ4v) is 2.55. The van der Waals surface area contributed by atoms with Crippen LogP contribution in [0.3, 0.4) is 0 Å². The maximum Gasteiger partial charge on any atom is 0.416 e. The number of carbonyl (C=O) groups is 2. The van der Waals surface area contributed by atoms with Gasteiger partial charge in [-0.25, -0.2) is 4.79 Å². The van der Waals surface area contributed by atoms with Gasteiger partial charge < -0.3 is 9.84 Å². The first-order valence-corrected chi connectivity index (χ1v) is 10.6. The Morgan fingerprint density at radius 1 is 0.786 bits per heavy atom. The topological polar surface area (TPSA) is 63.6 Å². The number of aliphatic carboxylic acids is 1. The summed E-state index contributed by atoms with van der Waals surface area (Å²) in [5, 5.41) is 8.16. The molecule has 42 heavy (non-hydrogen) atoms. The predicted molar refractivity (Wildman–Crippen MR) is 146 cm³/mol. The maximum atomic E-state index is 12.7. The molecule has 0 atom stereocenters. The molecule has 0 radical (unpaired) electrons. The fraction of sp³-hybridized carbons (Fsp3) is 0.0625. The van der Waals surface area contributed by atoms with Crippen molar-refractivity contribution in [1.29, 1.82) is 0 Å². The molecule has 1 aliphatic heterocycles. The summed E-state index contributed by atoms with van der Waals surface area (Å²) in [6, 6.07) is 11.4. The third-order valence-corrected chi connectivity index (χ3v) is 4.07. The second kappa shape index (κ2) is 19.7. The molecule has 0 saturated carbocycles. The molecule has 2 aromatic rings. The van der Waals surface area contributed by atoms with Crippen LogP contribution in [0.5, 0.6) is 5.75 Å². The monoisotopic (exact) mass is 578 g/mol. The number of carboxylic acids is 1. The summed E-state index contributed by atoms with van der Waals surface area (Å²) < 4.78 is 43.3. The van der Waals surface area contributed by atoms with Gasteiger partial charge in [0.2, 0.25) is 5.78 Å². The Morgan fingerprint density at radius 3 is 1.81 bits per heavy atom. The normalized spacial score (nSPS) is 9.90. The van der Waals surface area contributed by atoms with E-state index >= 15 is 0 Å². The lowest BCUT2D eigenvalue weighted by Crippen LogP contribution is -2.05. The summed E-state index contributed by atoms with van der Waals surface area (Å²) in [6.45, 7) is 1.68. The lowest BCUT2D eigenvalue weighted by Gasteiger charge is -2.07. The van der Waals surface area contributed by atoms with E-state index in [1.165, 1.54) is 18.2 Å². The zero-order chi connectivity index (χ0) is 28.5. The Balaban J connectivity index is 0. The van der Waals surface area contributed by atoms with Crippen LogP contribution in [-0.2, 0) is 11.0 Å². The van der Waals surface area contributed by atoms with Gasteiger partial charge in [0.1, 0.15) is 5.75 Å². The van der Waals surface area contributed by atoms with Crippen molar-refractivity contribution in [3.05, 3.63) is 71.0 Å². The summed E-state index contributed by atoms with van der Waals surface area (Å²) in [7, 11) is 0. The number of halogens is 6. The van der Waals surface area contributed by atoms with Gasteiger partial charge >= 0.3 is 12.1 Å². The van der Waals surface area contributed by atoms with Crippen molar-refractivity contribution in [2.75, 3.05) is 0 Å². The zero-order valence-electron chi connectivity index (χ0n) is 21.2. The standard InChI is InChI=1S/C16H9F3O2.C16H4O2.3FH/c17-16(18,19)11-5-3-4-10(8-11)9-14-15(20)12-6-1-2-7-13(12)21-14;1-2-3-4-5-6-7-8-9-10-11-12-13-14-15-16(17)18;;;/h1-9H;1H3,(H,17,18);3*1H/b14-9-;;;;. The van der Waals surface area contributed by atoms with Crippen LogP contribution < -0.4 is 4.74 Å². The molecule has 0 unspecified atom stereocenters. The largest absolute Gasteiger partial charge is 0.472 e. The quantitative estimate of drug-likeness (QED) is 0.298. The molecule has 0 aromatic heterocycles. The van der Waals surface area contributed by atoms with E-state index in [1.807, 2.05) is 5.92 Å². The Morgan fingerprint density at radius 2 is 1.31 bits per heavy atom. The minimum atomic E-state index is -4.42. The molecular weight excluding hydrogens is 562 g/mol. The second-order valence-corrected chi connectivity index (χ2v) is 6.74. The highest BCUT2D eigenvalue weighted by Crippen LogP contribution is 2.33. The van der Waals surface area contributed by atoms with E-state index in [1.54, 1.807) is 31.2 Å². The SMILES string of the molecule is CC#CC#CC#CC#CC#CC#CC#CC(=O)O.F.F.F.O=C1/C(=C/c2cccc(C(F)(F)F)c2)Oc2ccccc21. The third-order valence-electron chi connectivity index (χ3n) is 4.07.